The zero-order valence-corrected chi connectivity index (χ0v) is 40.7. The SMILES string of the molecule is CC(C)[C@H](O)[C@@H](C)CC[C@H]1C[C@@H](C[C@@H]2C[C@@H](C[C@@H]3C[C@H](C[C@@H]4C[C@]5(C[C@@H](O[Si](C)(C)C(C)(C)C)C[C@@H](CCO)O5)O[C@H](C)O4)OC(C)(C)O3)OC(C)(C)O2)OC(C)(C)O1. The highest BCUT2D eigenvalue weighted by atomic mass is 28.4. The van der Waals surface area contributed by atoms with Gasteiger partial charge in [-0.15, -0.1) is 0 Å². The van der Waals surface area contributed by atoms with E-state index < -0.39 is 37.8 Å². The molecule has 12 nitrogen and oxygen atoms in total. The second kappa shape index (κ2) is 19.5. The van der Waals surface area contributed by atoms with Crippen molar-refractivity contribution >= 4 is 8.32 Å². The number of ether oxygens (including phenoxy) is 9. The van der Waals surface area contributed by atoms with Crippen molar-refractivity contribution in [1.29, 1.82) is 0 Å². The van der Waals surface area contributed by atoms with Crippen molar-refractivity contribution < 1.29 is 57.3 Å². The summed E-state index contributed by atoms with van der Waals surface area (Å²) in [6.45, 7) is 31.7. The van der Waals surface area contributed by atoms with Crippen LogP contribution < -0.4 is 0 Å². The predicted molar refractivity (Wildman–Crippen MR) is 229 cm³/mol. The summed E-state index contributed by atoms with van der Waals surface area (Å²) in [5.74, 6) is -2.64. The molecule has 5 aliphatic heterocycles. The van der Waals surface area contributed by atoms with Gasteiger partial charge in [0.1, 0.15) is 0 Å². The standard InChI is InChI=1S/C46H86O12Si/c1-29(2)41(48)30(3)16-17-32-20-34(52-43(8,9)51-32)22-35-23-36(54-44(10,11)53-35)24-37-25-38(56-45(12,13)55-37)26-39-27-46(50-31(4)49-39)28-40(21-33(57-46)18-19-47)58-59(14,15)42(5,6)7/h29-41,47-48H,16-28H2,1-15H3/t30-,31+,32-,33+,34-,35+,36-,37+,38+,39+,40-,41-,46-/m0/s1. The molecule has 1 spiro atoms. The Morgan fingerprint density at radius 3 is 1.53 bits per heavy atom. The second-order valence-corrected chi connectivity index (χ2v) is 26.8. The predicted octanol–water partition coefficient (Wildman–Crippen LogP) is 9.12. The van der Waals surface area contributed by atoms with Crippen LogP contribution in [0.5, 0.6) is 0 Å². The van der Waals surface area contributed by atoms with Crippen LogP contribution in [0.2, 0.25) is 18.1 Å². The summed E-state index contributed by atoms with van der Waals surface area (Å²) < 4.78 is 65.9. The van der Waals surface area contributed by atoms with Gasteiger partial charge in [-0.25, -0.2) is 0 Å². The van der Waals surface area contributed by atoms with Crippen molar-refractivity contribution in [2.75, 3.05) is 6.61 Å². The average Bonchev–Trinajstić information content (AvgIpc) is 3.03. The first-order valence-corrected chi connectivity index (χ1v) is 26.1. The Hall–Kier alpha value is -0.263. The molecule has 0 aliphatic carbocycles. The summed E-state index contributed by atoms with van der Waals surface area (Å²) in [5.41, 5.74) is 0. The first-order chi connectivity index (χ1) is 27.1. The van der Waals surface area contributed by atoms with Crippen LogP contribution in [0.4, 0.5) is 0 Å². The van der Waals surface area contributed by atoms with Crippen LogP contribution >= 0.6 is 0 Å². The van der Waals surface area contributed by atoms with Gasteiger partial charge in [0.05, 0.1) is 61.0 Å². The molecule has 13 atom stereocenters. The molecule has 5 fully saturated rings. The first-order valence-electron chi connectivity index (χ1n) is 23.2. The molecule has 2 N–H and O–H groups in total. The third-order valence-electron chi connectivity index (χ3n) is 13.5. The van der Waals surface area contributed by atoms with Crippen molar-refractivity contribution in [3.8, 4) is 0 Å². The van der Waals surface area contributed by atoms with E-state index in [-0.39, 0.29) is 84.5 Å². The maximum Gasteiger partial charge on any atom is 0.192 e. The molecule has 0 aromatic carbocycles. The van der Waals surface area contributed by atoms with E-state index in [0.29, 0.717) is 32.1 Å². The van der Waals surface area contributed by atoms with Gasteiger partial charge >= 0.3 is 0 Å². The van der Waals surface area contributed by atoms with Crippen molar-refractivity contribution in [3.05, 3.63) is 0 Å². The Labute approximate surface area is 358 Å². The lowest BCUT2D eigenvalue weighted by atomic mass is 9.88. The van der Waals surface area contributed by atoms with Gasteiger partial charge in [0, 0.05) is 58.0 Å². The highest BCUT2D eigenvalue weighted by Crippen LogP contribution is 2.46. The van der Waals surface area contributed by atoms with Crippen LogP contribution in [0.25, 0.3) is 0 Å². The quantitative estimate of drug-likeness (QED) is 0.152. The lowest BCUT2D eigenvalue weighted by Gasteiger charge is -2.52. The summed E-state index contributed by atoms with van der Waals surface area (Å²) in [6.07, 6.45) is 7.31. The maximum atomic E-state index is 10.6. The third kappa shape index (κ3) is 14.4. The van der Waals surface area contributed by atoms with Crippen LogP contribution in [-0.2, 0) is 47.1 Å². The number of rotatable bonds is 15. The number of aliphatic hydroxyl groups is 2. The molecule has 346 valence electrons. The molecular formula is C46H86O12Si. The van der Waals surface area contributed by atoms with E-state index in [4.69, 9.17) is 47.1 Å². The first kappa shape index (κ1) is 49.7. The molecule has 5 heterocycles. The highest BCUT2D eigenvalue weighted by molar-refractivity contribution is 6.74. The molecule has 59 heavy (non-hydrogen) atoms. The molecule has 0 aromatic heterocycles. The normalized spacial score (nSPS) is 38.9. The van der Waals surface area contributed by atoms with Crippen molar-refractivity contribution in [2.24, 2.45) is 11.8 Å². The molecular weight excluding hydrogens is 773 g/mol. The van der Waals surface area contributed by atoms with Gasteiger partial charge in [0.2, 0.25) is 0 Å². The molecule has 0 bridgehead atoms. The summed E-state index contributed by atoms with van der Waals surface area (Å²) in [6, 6.07) is 0. The largest absolute Gasteiger partial charge is 0.414 e. The lowest BCUT2D eigenvalue weighted by Crippen LogP contribution is -2.58. The Bertz CT molecular complexity index is 1320. The van der Waals surface area contributed by atoms with E-state index in [2.05, 4.69) is 54.6 Å². The summed E-state index contributed by atoms with van der Waals surface area (Å²) in [5, 5.41) is 20.6. The molecule has 5 saturated heterocycles. The Morgan fingerprint density at radius 1 is 0.627 bits per heavy atom. The molecule has 0 unspecified atom stereocenters. The van der Waals surface area contributed by atoms with E-state index >= 15 is 0 Å². The minimum atomic E-state index is -2.06. The molecule has 0 aromatic rings. The van der Waals surface area contributed by atoms with Crippen LogP contribution in [-0.4, -0.2) is 116 Å². The van der Waals surface area contributed by atoms with E-state index in [0.717, 1.165) is 44.9 Å². The molecule has 0 amide bonds. The Balaban J connectivity index is 1.20. The zero-order valence-electron chi connectivity index (χ0n) is 39.7. The fraction of sp³-hybridized carbons (Fsp3) is 1.00. The van der Waals surface area contributed by atoms with Crippen molar-refractivity contribution in [3.63, 3.8) is 0 Å². The molecule has 0 radical (unpaired) electrons. The van der Waals surface area contributed by atoms with Crippen molar-refractivity contribution in [1.82, 2.24) is 0 Å². The van der Waals surface area contributed by atoms with E-state index in [1.54, 1.807) is 0 Å². The second-order valence-electron chi connectivity index (χ2n) is 22.1. The monoisotopic (exact) mass is 859 g/mol. The molecule has 5 aliphatic rings. The van der Waals surface area contributed by atoms with Crippen molar-refractivity contribution in [2.45, 2.75) is 276 Å². The van der Waals surface area contributed by atoms with Gasteiger partial charge in [0.15, 0.2) is 37.8 Å². The van der Waals surface area contributed by atoms with Crippen LogP contribution in [0.3, 0.4) is 0 Å². The maximum absolute atomic E-state index is 10.6. The molecule has 13 heteroatoms. The van der Waals surface area contributed by atoms with E-state index in [9.17, 15) is 10.2 Å². The average molecular weight is 859 g/mol. The number of hydrogen-bond acceptors (Lipinski definition) is 12. The molecule has 0 saturated carbocycles. The topological polar surface area (TPSA) is 133 Å². The minimum absolute atomic E-state index is 0.0117. The van der Waals surface area contributed by atoms with Gasteiger partial charge in [-0.05, 0) is 104 Å². The Kier molecular flexibility index (Phi) is 16.4. The van der Waals surface area contributed by atoms with Gasteiger partial charge in [-0.3, -0.25) is 0 Å². The van der Waals surface area contributed by atoms with E-state index in [1.807, 2.05) is 48.5 Å². The number of hydrogen-bond donors (Lipinski definition) is 2. The van der Waals surface area contributed by atoms with Gasteiger partial charge in [-0.2, -0.15) is 0 Å². The van der Waals surface area contributed by atoms with E-state index in [1.165, 1.54) is 0 Å². The highest BCUT2D eigenvalue weighted by Gasteiger charge is 2.52. The number of aliphatic hydroxyl groups excluding tert-OH is 2. The zero-order chi connectivity index (χ0) is 43.8. The fourth-order valence-electron chi connectivity index (χ4n) is 10.2. The van der Waals surface area contributed by atoms with Gasteiger partial charge < -0.3 is 57.3 Å². The summed E-state index contributed by atoms with van der Waals surface area (Å²) in [4.78, 5) is 0. The van der Waals surface area contributed by atoms with Crippen LogP contribution in [0.15, 0.2) is 0 Å². The minimum Gasteiger partial charge on any atom is -0.414 e. The summed E-state index contributed by atoms with van der Waals surface area (Å²) in [7, 11) is -2.06. The van der Waals surface area contributed by atoms with Gasteiger partial charge in [-0.1, -0.05) is 41.5 Å². The molecule has 5 rings (SSSR count). The third-order valence-corrected chi connectivity index (χ3v) is 18.1. The lowest BCUT2D eigenvalue weighted by molar-refractivity contribution is -0.391. The van der Waals surface area contributed by atoms with Crippen LogP contribution in [0, 0.1) is 11.8 Å². The smallest absolute Gasteiger partial charge is 0.192 e. The Morgan fingerprint density at radius 2 is 1.07 bits per heavy atom. The van der Waals surface area contributed by atoms with Gasteiger partial charge in [0.25, 0.3) is 0 Å². The van der Waals surface area contributed by atoms with Crippen LogP contribution in [0.1, 0.15) is 167 Å². The fourth-order valence-corrected chi connectivity index (χ4v) is 11.6. The summed E-state index contributed by atoms with van der Waals surface area (Å²) >= 11 is 0.